The van der Waals surface area contributed by atoms with E-state index in [0.29, 0.717) is 17.3 Å². The van der Waals surface area contributed by atoms with Gasteiger partial charge in [-0.1, -0.05) is 72.8 Å². The van der Waals surface area contributed by atoms with Crippen LogP contribution in [0.4, 0.5) is 0 Å². The van der Waals surface area contributed by atoms with Crippen LogP contribution in [-0.4, -0.2) is 29.7 Å². The Morgan fingerprint density at radius 1 is 0.436 bits per heavy atom. The minimum Gasteiger partial charge on any atom is -0.272 e. The van der Waals surface area contributed by atoms with Crippen molar-refractivity contribution in [2.24, 2.45) is 0 Å². The lowest BCUT2D eigenvalue weighted by atomic mass is 10.0. The maximum absolute atomic E-state index is 5.02. The number of nitrogens with zero attached hydrogens (tertiary/aromatic N) is 6. The maximum atomic E-state index is 5.02. The lowest BCUT2D eigenvalue weighted by molar-refractivity contribution is 1.05. The summed E-state index contributed by atoms with van der Waals surface area (Å²) in [6, 6.07) is 42.5. The highest BCUT2D eigenvalue weighted by molar-refractivity contribution is 5.87. The van der Waals surface area contributed by atoms with Crippen LogP contribution in [0.5, 0.6) is 0 Å². The van der Waals surface area contributed by atoms with Crippen molar-refractivity contribution in [3.63, 3.8) is 0 Å². The molecular formula is C33H22N6. The van der Waals surface area contributed by atoms with Gasteiger partial charge in [-0.3, -0.25) is 9.55 Å². The molecule has 184 valence electrons. The average Bonchev–Trinajstić information content (AvgIpc) is 3.47. The number of hydrogen-bond donors (Lipinski definition) is 0. The Kier molecular flexibility index (Phi) is 5.68. The summed E-state index contributed by atoms with van der Waals surface area (Å²) >= 11 is 0. The van der Waals surface area contributed by atoms with E-state index in [1.165, 1.54) is 10.8 Å². The Labute approximate surface area is 225 Å². The lowest BCUT2D eigenvalue weighted by Crippen LogP contribution is -2.03. The van der Waals surface area contributed by atoms with Crippen LogP contribution in [-0.2, 0) is 0 Å². The van der Waals surface area contributed by atoms with Crippen molar-refractivity contribution in [1.82, 2.24) is 29.7 Å². The van der Waals surface area contributed by atoms with Crippen LogP contribution in [0, 0.1) is 0 Å². The normalized spacial score (nSPS) is 11.1. The quantitative estimate of drug-likeness (QED) is 0.247. The first-order chi connectivity index (χ1) is 19.3. The van der Waals surface area contributed by atoms with E-state index in [2.05, 4.69) is 57.6 Å². The van der Waals surface area contributed by atoms with Gasteiger partial charge in [-0.15, -0.1) is 10.2 Å². The Balaban J connectivity index is 1.36. The molecule has 7 aromatic rings. The van der Waals surface area contributed by atoms with Crippen molar-refractivity contribution in [2.75, 3.05) is 0 Å². The van der Waals surface area contributed by atoms with Crippen LogP contribution in [0.3, 0.4) is 0 Å². The number of aromatic nitrogens is 6. The van der Waals surface area contributed by atoms with Gasteiger partial charge in [0.2, 0.25) is 0 Å². The molecule has 0 bridgehead atoms. The van der Waals surface area contributed by atoms with Crippen molar-refractivity contribution >= 4 is 10.8 Å². The molecule has 4 heterocycles. The van der Waals surface area contributed by atoms with E-state index in [-0.39, 0.29) is 0 Å². The fraction of sp³-hybridized carbons (Fsp3) is 0. The van der Waals surface area contributed by atoms with E-state index in [1.54, 1.807) is 6.20 Å². The monoisotopic (exact) mass is 502 g/mol. The first kappa shape index (κ1) is 22.7. The third kappa shape index (κ3) is 4.34. The maximum Gasteiger partial charge on any atom is 0.187 e. The van der Waals surface area contributed by atoms with E-state index < -0.39 is 0 Å². The van der Waals surface area contributed by atoms with E-state index >= 15 is 0 Å². The van der Waals surface area contributed by atoms with Gasteiger partial charge in [0, 0.05) is 17.4 Å². The van der Waals surface area contributed by atoms with Crippen molar-refractivity contribution < 1.29 is 0 Å². The fourth-order valence-electron chi connectivity index (χ4n) is 4.72. The molecule has 0 saturated carbocycles. The molecule has 0 saturated heterocycles. The van der Waals surface area contributed by atoms with E-state index in [1.807, 2.05) is 89.5 Å². The predicted octanol–water partition coefficient (Wildman–Crippen LogP) is 7.27. The Morgan fingerprint density at radius 2 is 1.05 bits per heavy atom. The molecule has 0 fully saturated rings. The summed E-state index contributed by atoms with van der Waals surface area (Å²) < 4.78 is 2.01. The van der Waals surface area contributed by atoms with E-state index in [4.69, 9.17) is 9.97 Å². The van der Waals surface area contributed by atoms with Gasteiger partial charge in [-0.25, -0.2) is 9.97 Å². The van der Waals surface area contributed by atoms with Crippen LogP contribution in [0.15, 0.2) is 134 Å². The SMILES string of the molecule is c1ccc(-n2c(-c3cccc(-c4ccc5ccccc5c4)n3)nnc2-c2cccc(-c3ccccn3)n2)cc1. The molecule has 0 atom stereocenters. The first-order valence-electron chi connectivity index (χ1n) is 12.7. The van der Waals surface area contributed by atoms with Gasteiger partial charge in [-0.05, 0) is 65.4 Å². The van der Waals surface area contributed by atoms with Gasteiger partial charge in [0.05, 0.1) is 17.1 Å². The van der Waals surface area contributed by atoms with Gasteiger partial charge in [0.25, 0.3) is 0 Å². The zero-order valence-electron chi connectivity index (χ0n) is 20.9. The molecule has 0 radical (unpaired) electrons. The molecule has 0 N–H and O–H groups in total. The topological polar surface area (TPSA) is 69.4 Å². The number of benzene rings is 3. The number of pyridine rings is 3. The standard InChI is InChI=1S/C33H22N6/c1-2-12-26(13-3-1)39-32(37-38-33(39)31-18-9-16-29(36-31)28-14-6-7-21-34-28)30-17-8-15-27(35-30)25-20-19-23-10-4-5-11-24(23)22-25/h1-22H. The van der Waals surface area contributed by atoms with E-state index in [0.717, 1.165) is 34.0 Å². The minimum atomic E-state index is 0.631. The van der Waals surface area contributed by atoms with Crippen LogP contribution < -0.4 is 0 Å². The summed E-state index contributed by atoms with van der Waals surface area (Å²) in [5.41, 5.74) is 5.85. The minimum absolute atomic E-state index is 0.631. The van der Waals surface area contributed by atoms with Crippen LogP contribution in [0.25, 0.3) is 62.1 Å². The molecule has 0 aliphatic rings. The molecule has 6 nitrogen and oxygen atoms in total. The molecule has 4 aromatic heterocycles. The van der Waals surface area contributed by atoms with Crippen molar-refractivity contribution in [3.8, 4) is 51.4 Å². The summed E-state index contributed by atoms with van der Waals surface area (Å²) in [7, 11) is 0. The second-order valence-electron chi connectivity index (χ2n) is 9.11. The number of rotatable bonds is 5. The zero-order valence-corrected chi connectivity index (χ0v) is 20.9. The van der Waals surface area contributed by atoms with Gasteiger partial charge in [0.1, 0.15) is 11.4 Å². The summed E-state index contributed by atoms with van der Waals surface area (Å²) in [6.07, 6.45) is 1.77. The number of para-hydroxylation sites is 1. The molecular weight excluding hydrogens is 480 g/mol. The first-order valence-corrected chi connectivity index (χ1v) is 12.7. The summed E-state index contributed by atoms with van der Waals surface area (Å²) in [4.78, 5) is 14.4. The average molecular weight is 503 g/mol. The predicted molar refractivity (Wildman–Crippen MR) is 154 cm³/mol. The number of hydrogen-bond acceptors (Lipinski definition) is 5. The van der Waals surface area contributed by atoms with Crippen LogP contribution in [0.1, 0.15) is 0 Å². The molecule has 0 unspecified atom stereocenters. The highest BCUT2D eigenvalue weighted by Crippen LogP contribution is 2.30. The fourth-order valence-corrected chi connectivity index (χ4v) is 4.72. The van der Waals surface area contributed by atoms with Crippen molar-refractivity contribution in [1.29, 1.82) is 0 Å². The second kappa shape index (κ2) is 9.76. The number of fused-ring (bicyclic) bond motifs is 1. The molecule has 7 rings (SSSR count). The molecule has 0 aliphatic heterocycles. The summed E-state index contributed by atoms with van der Waals surface area (Å²) in [6.45, 7) is 0. The van der Waals surface area contributed by atoms with Gasteiger partial charge in [-0.2, -0.15) is 0 Å². The van der Waals surface area contributed by atoms with Gasteiger partial charge in [0.15, 0.2) is 11.6 Å². The summed E-state index contributed by atoms with van der Waals surface area (Å²) in [5.74, 6) is 1.27. The molecule has 39 heavy (non-hydrogen) atoms. The molecule has 0 spiro atoms. The highest BCUT2D eigenvalue weighted by atomic mass is 15.3. The smallest absolute Gasteiger partial charge is 0.187 e. The highest BCUT2D eigenvalue weighted by Gasteiger charge is 2.20. The van der Waals surface area contributed by atoms with Gasteiger partial charge < -0.3 is 0 Å². The molecule has 0 aliphatic carbocycles. The largest absolute Gasteiger partial charge is 0.272 e. The van der Waals surface area contributed by atoms with Crippen LogP contribution >= 0.6 is 0 Å². The third-order valence-corrected chi connectivity index (χ3v) is 6.61. The lowest BCUT2D eigenvalue weighted by Gasteiger charge is -2.11. The van der Waals surface area contributed by atoms with Crippen LogP contribution in [0.2, 0.25) is 0 Å². The van der Waals surface area contributed by atoms with Crippen molar-refractivity contribution in [3.05, 3.63) is 134 Å². The Bertz CT molecular complexity index is 1910. The third-order valence-electron chi connectivity index (χ3n) is 6.61. The molecule has 6 heteroatoms. The Hall–Kier alpha value is -5.49. The zero-order chi connectivity index (χ0) is 26.0. The van der Waals surface area contributed by atoms with E-state index in [9.17, 15) is 0 Å². The summed E-state index contributed by atoms with van der Waals surface area (Å²) in [5, 5.41) is 11.6. The van der Waals surface area contributed by atoms with Gasteiger partial charge >= 0.3 is 0 Å². The molecule has 0 amide bonds. The van der Waals surface area contributed by atoms with Crippen molar-refractivity contribution in [2.45, 2.75) is 0 Å². The molecule has 3 aromatic carbocycles. The second-order valence-corrected chi connectivity index (χ2v) is 9.11. The Morgan fingerprint density at radius 3 is 1.79 bits per heavy atom.